The third-order valence-electron chi connectivity index (χ3n) is 2.46. The van der Waals surface area contributed by atoms with Crippen LogP contribution in [-0.4, -0.2) is 24.1 Å². The van der Waals surface area contributed by atoms with Crippen LogP contribution in [0.25, 0.3) is 0 Å². The Hall–Kier alpha value is -2.25. The Bertz CT molecular complexity index is 528. The largest absolute Gasteiger partial charge is 0.496 e. The van der Waals surface area contributed by atoms with E-state index in [1.54, 1.807) is 0 Å². The van der Waals surface area contributed by atoms with Crippen molar-refractivity contribution >= 4 is 11.9 Å². The zero-order valence-corrected chi connectivity index (χ0v) is 10.6. The molecule has 0 saturated carbocycles. The number of carbonyl (C=O) groups excluding carboxylic acids is 1. The monoisotopic (exact) mass is 291 g/mol. The number of alkyl halides is 3. The van der Waals surface area contributed by atoms with Crippen molar-refractivity contribution < 1.29 is 32.6 Å². The molecule has 1 rings (SSSR count). The van der Waals surface area contributed by atoms with Gasteiger partial charge in [-0.15, -0.1) is 0 Å². The number of carbonyl (C=O) groups is 2. The molecule has 5 nitrogen and oxygen atoms in total. The van der Waals surface area contributed by atoms with Crippen LogP contribution in [0.5, 0.6) is 5.75 Å². The molecule has 110 valence electrons. The van der Waals surface area contributed by atoms with Crippen LogP contribution in [0.15, 0.2) is 18.2 Å². The number of carboxylic acids is 1. The molecule has 1 aromatic rings. The van der Waals surface area contributed by atoms with E-state index in [4.69, 9.17) is 5.11 Å². The van der Waals surface area contributed by atoms with Crippen molar-refractivity contribution in [2.75, 3.05) is 7.11 Å². The van der Waals surface area contributed by atoms with Crippen LogP contribution in [0.2, 0.25) is 0 Å². The average Bonchev–Trinajstić information content (AvgIpc) is 2.33. The third-order valence-corrected chi connectivity index (χ3v) is 2.46. The summed E-state index contributed by atoms with van der Waals surface area (Å²) in [6.07, 6.45) is -4.69. The highest BCUT2D eigenvalue weighted by atomic mass is 19.4. The second-order valence-corrected chi connectivity index (χ2v) is 3.93. The molecule has 1 atom stereocenters. The molecule has 8 heteroatoms. The van der Waals surface area contributed by atoms with E-state index in [1.807, 2.05) is 0 Å². The van der Waals surface area contributed by atoms with Crippen LogP contribution in [0.4, 0.5) is 13.2 Å². The molecule has 20 heavy (non-hydrogen) atoms. The van der Waals surface area contributed by atoms with Crippen LogP contribution in [0, 0.1) is 0 Å². The fourth-order valence-electron chi connectivity index (χ4n) is 1.62. The summed E-state index contributed by atoms with van der Waals surface area (Å²) in [4.78, 5) is 21.9. The Morgan fingerprint density at radius 1 is 1.35 bits per heavy atom. The van der Waals surface area contributed by atoms with Gasteiger partial charge in [0.2, 0.25) is 5.91 Å². The van der Waals surface area contributed by atoms with E-state index in [0.29, 0.717) is 6.07 Å². The fraction of sp³-hybridized carbons (Fsp3) is 0.333. The normalized spacial score (nSPS) is 12.7. The predicted octanol–water partition coefficient (Wildman–Crippen LogP) is 1.98. The zero-order chi connectivity index (χ0) is 15.5. The number of carboxylic acid groups (broad SMARTS) is 1. The summed E-state index contributed by atoms with van der Waals surface area (Å²) in [5, 5.41) is 11.0. The predicted molar refractivity (Wildman–Crippen MR) is 62.2 cm³/mol. The van der Waals surface area contributed by atoms with Crippen molar-refractivity contribution in [3.05, 3.63) is 29.3 Å². The molecule has 2 N–H and O–H groups in total. The summed E-state index contributed by atoms with van der Waals surface area (Å²) >= 11 is 0. The SMILES string of the molecule is COc1ccc(C(NC(C)=O)C(=O)O)cc1C(F)(F)F. The van der Waals surface area contributed by atoms with E-state index in [0.717, 1.165) is 26.2 Å². The lowest BCUT2D eigenvalue weighted by Gasteiger charge is -2.17. The highest BCUT2D eigenvalue weighted by Gasteiger charge is 2.35. The number of halogens is 3. The fourth-order valence-corrected chi connectivity index (χ4v) is 1.62. The number of methoxy groups -OCH3 is 1. The van der Waals surface area contributed by atoms with E-state index in [9.17, 15) is 22.8 Å². The van der Waals surface area contributed by atoms with Crippen molar-refractivity contribution in [1.82, 2.24) is 5.32 Å². The molecule has 0 saturated heterocycles. The van der Waals surface area contributed by atoms with Gasteiger partial charge in [0.1, 0.15) is 5.75 Å². The maximum atomic E-state index is 12.8. The third kappa shape index (κ3) is 3.62. The van der Waals surface area contributed by atoms with Gasteiger partial charge < -0.3 is 15.2 Å². The minimum Gasteiger partial charge on any atom is -0.496 e. The molecule has 0 aliphatic carbocycles. The molecule has 0 bridgehead atoms. The second-order valence-electron chi connectivity index (χ2n) is 3.93. The van der Waals surface area contributed by atoms with Crippen LogP contribution in [0.1, 0.15) is 24.1 Å². The van der Waals surface area contributed by atoms with Crippen molar-refractivity contribution in [1.29, 1.82) is 0 Å². The van der Waals surface area contributed by atoms with Crippen LogP contribution in [-0.2, 0) is 15.8 Å². The first-order valence-electron chi connectivity index (χ1n) is 5.42. The van der Waals surface area contributed by atoms with Gasteiger partial charge in [0.05, 0.1) is 12.7 Å². The second kappa shape index (κ2) is 5.81. The molecule has 0 radical (unpaired) electrons. The number of rotatable bonds is 4. The average molecular weight is 291 g/mol. The van der Waals surface area contributed by atoms with Gasteiger partial charge in [-0.25, -0.2) is 4.79 Å². The van der Waals surface area contributed by atoms with E-state index >= 15 is 0 Å². The van der Waals surface area contributed by atoms with Gasteiger partial charge in [0.15, 0.2) is 6.04 Å². The Balaban J connectivity index is 3.31. The molecule has 0 aliphatic heterocycles. The van der Waals surface area contributed by atoms with Gasteiger partial charge >= 0.3 is 12.1 Å². The van der Waals surface area contributed by atoms with Crippen LogP contribution < -0.4 is 10.1 Å². The summed E-state index contributed by atoms with van der Waals surface area (Å²) < 4.78 is 43.1. The molecule has 0 heterocycles. The van der Waals surface area contributed by atoms with Crippen molar-refractivity contribution in [2.24, 2.45) is 0 Å². The lowest BCUT2D eigenvalue weighted by atomic mass is 10.0. The number of hydrogen-bond donors (Lipinski definition) is 2. The molecule has 1 amide bonds. The van der Waals surface area contributed by atoms with Crippen molar-refractivity contribution in [3.8, 4) is 5.75 Å². The summed E-state index contributed by atoms with van der Waals surface area (Å²) in [5.41, 5.74) is -1.30. The maximum Gasteiger partial charge on any atom is 0.419 e. The Morgan fingerprint density at radius 2 is 1.95 bits per heavy atom. The molecular weight excluding hydrogens is 279 g/mol. The quantitative estimate of drug-likeness (QED) is 0.889. The van der Waals surface area contributed by atoms with Crippen LogP contribution >= 0.6 is 0 Å². The van der Waals surface area contributed by atoms with Gasteiger partial charge in [-0.05, 0) is 17.7 Å². The van der Waals surface area contributed by atoms with E-state index in [2.05, 4.69) is 10.1 Å². The van der Waals surface area contributed by atoms with E-state index in [-0.39, 0.29) is 5.56 Å². The highest BCUT2D eigenvalue weighted by molar-refractivity contribution is 5.83. The van der Waals surface area contributed by atoms with E-state index in [1.165, 1.54) is 0 Å². The smallest absolute Gasteiger partial charge is 0.419 e. The van der Waals surface area contributed by atoms with Gasteiger partial charge in [0, 0.05) is 6.92 Å². The minimum atomic E-state index is -4.69. The summed E-state index contributed by atoms with van der Waals surface area (Å²) in [6, 6.07) is 1.26. The number of benzene rings is 1. The maximum absolute atomic E-state index is 12.8. The molecular formula is C12H12F3NO4. The first-order valence-corrected chi connectivity index (χ1v) is 5.42. The minimum absolute atomic E-state index is 0.194. The van der Waals surface area contributed by atoms with Crippen molar-refractivity contribution in [3.63, 3.8) is 0 Å². The molecule has 1 aromatic carbocycles. The Kier molecular flexibility index (Phi) is 4.59. The molecule has 0 fully saturated rings. The van der Waals surface area contributed by atoms with Gasteiger partial charge in [-0.3, -0.25) is 4.79 Å². The molecule has 0 spiro atoms. The lowest BCUT2D eigenvalue weighted by Crippen LogP contribution is -2.32. The molecule has 0 aromatic heterocycles. The first kappa shape index (κ1) is 15.8. The van der Waals surface area contributed by atoms with E-state index < -0.39 is 35.4 Å². The first-order chi connectivity index (χ1) is 9.16. The summed E-state index contributed by atoms with van der Waals surface area (Å²) in [6.45, 7) is 1.07. The van der Waals surface area contributed by atoms with Gasteiger partial charge in [0.25, 0.3) is 0 Å². The topological polar surface area (TPSA) is 75.6 Å². The van der Waals surface area contributed by atoms with Crippen molar-refractivity contribution in [2.45, 2.75) is 19.1 Å². The summed E-state index contributed by atoms with van der Waals surface area (Å²) in [7, 11) is 1.08. The lowest BCUT2D eigenvalue weighted by molar-refractivity contribution is -0.142. The summed E-state index contributed by atoms with van der Waals surface area (Å²) in [5.74, 6) is -2.55. The van der Waals surface area contributed by atoms with Gasteiger partial charge in [-0.2, -0.15) is 13.2 Å². The standard InChI is InChI=1S/C12H12F3NO4/c1-6(17)16-10(11(18)19)7-3-4-9(20-2)8(5-7)12(13,14)15/h3-5,10H,1-2H3,(H,16,17)(H,18,19). The van der Waals surface area contributed by atoms with Gasteiger partial charge in [-0.1, -0.05) is 6.07 Å². The number of nitrogens with one attached hydrogen (secondary N) is 1. The van der Waals surface area contributed by atoms with Crippen LogP contribution in [0.3, 0.4) is 0 Å². The Labute approximate surface area is 112 Å². The zero-order valence-electron chi connectivity index (χ0n) is 10.6. The highest BCUT2D eigenvalue weighted by Crippen LogP contribution is 2.37. The molecule has 0 aliphatic rings. The Morgan fingerprint density at radius 3 is 2.35 bits per heavy atom. The number of hydrogen-bond acceptors (Lipinski definition) is 3. The number of aliphatic carboxylic acids is 1. The number of ether oxygens (including phenoxy) is 1. The number of amides is 1. The molecule has 1 unspecified atom stereocenters.